The van der Waals surface area contributed by atoms with Gasteiger partial charge in [0.05, 0.1) is 5.02 Å². The topological polar surface area (TPSA) is 71.1 Å². The molecule has 7 heteroatoms. The van der Waals surface area contributed by atoms with Crippen molar-refractivity contribution in [1.82, 2.24) is 0 Å². The molecule has 0 radical (unpaired) electrons. The third-order valence-electron chi connectivity index (χ3n) is 2.88. The molecule has 1 aromatic rings. The summed E-state index contributed by atoms with van der Waals surface area (Å²) in [5, 5.41) is 0.328. The van der Waals surface area contributed by atoms with E-state index in [-0.39, 0.29) is 12.4 Å². The summed E-state index contributed by atoms with van der Waals surface area (Å²) in [4.78, 5) is 23.7. The molecule has 0 atom stereocenters. The fraction of sp³-hybridized carbons (Fsp3) is 0.286. The summed E-state index contributed by atoms with van der Waals surface area (Å²) in [5.74, 6) is -1.87. The molecule has 2 heterocycles. The Morgan fingerprint density at radius 2 is 1.81 bits per heavy atom. The second-order valence-corrected chi connectivity index (χ2v) is 5.38. The second-order valence-electron chi connectivity index (χ2n) is 4.97. The lowest BCUT2D eigenvalue weighted by Crippen LogP contribution is -2.41. The van der Waals surface area contributed by atoms with Crippen LogP contribution in [0.5, 0.6) is 11.5 Å². The number of fused-ring (bicyclic) bond motifs is 1. The van der Waals surface area contributed by atoms with Crippen molar-refractivity contribution in [2.45, 2.75) is 19.6 Å². The maximum absolute atomic E-state index is 11.9. The standard InChI is InChI=1S/C14H11ClO6/c1-14(2)20-12(16)8(13(17)21-14)3-7-4-9(15)11-10(5-7)18-6-19-11/h3-5H,6H2,1-2H3. The highest BCUT2D eigenvalue weighted by Crippen LogP contribution is 2.40. The van der Waals surface area contributed by atoms with Crippen LogP contribution in [0.1, 0.15) is 19.4 Å². The first-order valence-electron chi connectivity index (χ1n) is 6.13. The Morgan fingerprint density at radius 1 is 1.14 bits per heavy atom. The van der Waals surface area contributed by atoms with Crippen LogP contribution >= 0.6 is 11.6 Å². The zero-order valence-electron chi connectivity index (χ0n) is 11.3. The number of hydrogen-bond acceptors (Lipinski definition) is 6. The van der Waals surface area contributed by atoms with E-state index < -0.39 is 17.7 Å². The van der Waals surface area contributed by atoms with Gasteiger partial charge in [-0.3, -0.25) is 0 Å². The second kappa shape index (κ2) is 4.66. The Hall–Kier alpha value is -2.21. The minimum absolute atomic E-state index is 0.0767. The van der Waals surface area contributed by atoms with Gasteiger partial charge in [-0.15, -0.1) is 0 Å². The number of benzene rings is 1. The number of hydrogen-bond donors (Lipinski definition) is 0. The zero-order chi connectivity index (χ0) is 15.2. The Labute approximate surface area is 125 Å². The van der Waals surface area contributed by atoms with Gasteiger partial charge in [0.1, 0.15) is 5.57 Å². The van der Waals surface area contributed by atoms with Gasteiger partial charge in [0, 0.05) is 13.8 Å². The molecule has 2 aliphatic heterocycles. The molecule has 0 N–H and O–H groups in total. The van der Waals surface area contributed by atoms with Gasteiger partial charge in [-0.25, -0.2) is 9.59 Å². The van der Waals surface area contributed by atoms with Gasteiger partial charge in [-0.1, -0.05) is 11.6 Å². The van der Waals surface area contributed by atoms with Crippen LogP contribution in [0.3, 0.4) is 0 Å². The molecular formula is C14H11ClO6. The minimum Gasteiger partial charge on any atom is -0.454 e. The zero-order valence-corrected chi connectivity index (χ0v) is 12.0. The number of halogens is 1. The highest BCUT2D eigenvalue weighted by atomic mass is 35.5. The maximum atomic E-state index is 11.9. The first-order chi connectivity index (χ1) is 9.85. The van der Waals surface area contributed by atoms with Crippen molar-refractivity contribution in [3.05, 3.63) is 28.3 Å². The van der Waals surface area contributed by atoms with E-state index in [2.05, 4.69) is 0 Å². The number of carbonyl (C=O) groups excluding carboxylic acids is 2. The van der Waals surface area contributed by atoms with Crippen LogP contribution in [0.15, 0.2) is 17.7 Å². The highest BCUT2D eigenvalue weighted by Gasteiger charge is 2.38. The molecule has 0 aromatic heterocycles. The molecule has 0 bridgehead atoms. The molecule has 6 nitrogen and oxygen atoms in total. The fourth-order valence-electron chi connectivity index (χ4n) is 2.02. The fourth-order valence-corrected chi connectivity index (χ4v) is 2.29. The highest BCUT2D eigenvalue weighted by molar-refractivity contribution is 6.32. The number of ether oxygens (including phenoxy) is 4. The molecule has 1 fully saturated rings. The van der Waals surface area contributed by atoms with E-state index in [1.54, 1.807) is 12.1 Å². The van der Waals surface area contributed by atoms with E-state index in [9.17, 15) is 9.59 Å². The van der Waals surface area contributed by atoms with Crippen molar-refractivity contribution in [1.29, 1.82) is 0 Å². The molecule has 0 saturated carbocycles. The van der Waals surface area contributed by atoms with Crippen molar-refractivity contribution in [2.75, 3.05) is 6.79 Å². The lowest BCUT2D eigenvalue weighted by Gasteiger charge is -2.29. The van der Waals surface area contributed by atoms with Gasteiger partial charge in [0.25, 0.3) is 5.79 Å². The molecule has 0 spiro atoms. The minimum atomic E-state index is -1.27. The first-order valence-corrected chi connectivity index (χ1v) is 6.51. The monoisotopic (exact) mass is 310 g/mol. The summed E-state index contributed by atoms with van der Waals surface area (Å²) in [6.45, 7) is 3.04. The van der Waals surface area contributed by atoms with Crippen molar-refractivity contribution in [3.8, 4) is 11.5 Å². The molecule has 110 valence electrons. The van der Waals surface area contributed by atoms with Crippen LogP contribution in [0.4, 0.5) is 0 Å². The number of esters is 2. The first kappa shape index (κ1) is 13.8. The van der Waals surface area contributed by atoms with Crippen molar-refractivity contribution >= 4 is 29.6 Å². The van der Waals surface area contributed by atoms with Gasteiger partial charge in [-0.2, -0.15) is 0 Å². The Morgan fingerprint density at radius 3 is 2.48 bits per heavy atom. The van der Waals surface area contributed by atoms with Crippen LogP contribution < -0.4 is 9.47 Å². The molecule has 1 aromatic carbocycles. The predicted molar refractivity (Wildman–Crippen MR) is 71.8 cm³/mol. The molecule has 0 aliphatic carbocycles. The van der Waals surface area contributed by atoms with Crippen LogP contribution in [0, 0.1) is 0 Å². The Balaban J connectivity index is 1.97. The van der Waals surface area contributed by atoms with Crippen molar-refractivity contribution in [3.63, 3.8) is 0 Å². The number of rotatable bonds is 1. The normalized spacial score (nSPS) is 19.1. The van der Waals surface area contributed by atoms with E-state index in [0.717, 1.165) is 0 Å². The molecule has 0 unspecified atom stereocenters. The summed E-state index contributed by atoms with van der Waals surface area (Å²) in [5.41, 5.74) is 0.303. The summed E-state index contributed by atoms with van der Waals surface area (Å²) >= 11 is 6.04. The summed E-state index contributed by atoms with van der Waals surface area (Å²) in [6.07, 6.45) is 1.34. The quantitative estimate of drug-likeness (QED) is 0.450. The van der Waals surface area contributed by atoms with Crippen LogP contribution in [0.25, 0.3) is 6.08 Å². The van der Waals surface area contributed by atoms with Gasteiger partial charge in [0.2, 0.25) is 6.79 Å². The maximum Gasteiger partial charge on any atom is 0.348 e. The average Bonchev–Trinajstić information content (AvgIpc) is 2.81. The van der Waals surface area contributed by atoms with Crippen LogP contribution in [-0.2, 0) is 19.1 Å². The lowest BCUT2D eigenvalue weighted by atomic mass is 10.1. The molecule has 2 aliphatic rings. The van der Waals surface area contributed by atoms with E-state index in [0.29, 0.717) is 22.1 Å². The molecule has 3 rings (SSSR count). The van der Waals surface area contributed by atoms with E-state index >= 15 is 0 Å². The van der Waals surface area contributed by atoms with Crippen molar-refractivity contribution in [2.24, 2.45) is 0 Å². The van der Waals surface area contributed by atoms with Crippen LogP contribution in [-0.4, -0.2) is 24.5 Å². The van der Waals surface area contributed by atoms with E-state index in [1.165, 1.54) is 19.9 Å². The smallest absolute Gasteiger partial charge is 0.348 e. The molecule has 0 amide bonds. The molecule has 21 heavy (non-hydrogen) atoms. The van der Waals surface area contributed by atoms with Gasteiger partial charge < -0.3 is 18.9 Å². The van der Waals surface area contributed by atoms with Gasteiger partial charge >= 0.3 is 11.9 Å². The molecular weight excluding hydrogens is 300 g/mol. The Kier molecular flexibility index (Phi) is 3.06. The summed E-state index contributed by atoms with van der Waals surface area (Å²) in [7, 11) is 0. The SMILES string of the molecule is CC1(C)OC(=O)C(=Cc2cc(Cl)c3c(c2)OCO3)C(=O)O1. The van der Waals surface area contributed by atoms with Gasteiger partial charge in [-0.05, 0) is 23.8 Å². The summed E-state index contributed by atoms with van der Waals surface area (Å²) < 4.78 is 20.4. The molecule has 1 saturated heterocycles. The lowest BCUT2D eigenvalue weighted by molar-refractivity contribution is -0.222. The van der Waals surface area contributed by atoms with Gasteiger partial charge in [0.15, 0.2) is 11.5 Å². The third kappa shape index (κ3) is 2.54. The third-order valence-corrected chi connectivity index (χ3v) is 3.16. The van der Waals surface area contributed by atoms with Crippen LogP contribution in [0.2, 0.25) is 5.02 Å². The van der Waals surface area contributed by atoms with E-state index in [4.69, 9.17) is 30.5 Å². The number of carbonyl (C=O) groups is 2. The Bertz CT molecular complexity index is 654. The average molecular weight is 311 g/mol. The van der Waals surface area contributed by atoms with Crippen molar-refractivity contribution < 1.29 is 28.5 Å². The number of cyclic esters (lactones) is 2. The largest absolute Gasteiger partial charge is 0.454 e. The summed E-state index contributed by atoms with van der Waals surface area (Å²) in [6, 6.07) is 3.17. The predicted octanol–water partition coefficient (Wildman–Crippen LogP) is 2.29. The van der Waals surface area contributed by atoms with E-state index in [1.807, 2.05) is 0 Å².